The van der Waals surface area contributed by atoms with Crippen LogP contribution in [0.3, 0.4) is 0 Å². The van der Waals surface area contributed by atoms with Crippen LogP contribution in [0.4, 0.5) is 11.4 Å². The first-order valence-corrected chi connectivity index (χ1v) is 13.6. The van der Waals surface area contributed by atoms with Gasteiger partial charge in [0.15, 0.2) is 0 Å². The van der Waals surface area contributed by atoms with E-state index >= 15 is 0 Å². The number of amides is 2. The molecule has 1 atom stereocenters. The molecule has 11 heteroatoms. The summed E-state index contributed by atoms with van der Waals surface area (Å²) in [6.45, 7) is 7.16. The number of carbonyl (C=O) groups excluding carboxylic acids is 2. The van der Waals surface area contributed by atoms with Gasteiger partial charge < -0.3 is 10.2 Å². The summed E-state index contributed by atoms with van der Waals surface area (Å²) < 4.78 is 26.4. The first-order chi connectivity index (χ1) is 16.9. The molecule has 2 amide bonds. The van der Waals surface area contributed by atoms with Crippen LogP contribution in [0.1, 0.15) is 43.4 Å². The third kappa shape index (κ3) is 7.27. The molecule has 36 heavy (non-hydrogen) atoms. The second-order valence-electron chi connectivity index (χ2n) is 8.66. The van der Waals surface area contributed by atoms with Crippen molar-refractivity contribution < 1.29 is 22.9 Å². The lowest BCUT2D eigenvalue weighted by Gasteiger charge is -2.33. The quantitative estimate of drug-likeness (QED) is 0.339. The van der Waals surface area contributed by atoms with E-state index in [1.165, 1.54) is 17.0 Å². The topological polar surface area (TPSA) is 130 Å². The number of hydrogen-bond acceptors (Lipinski definition) is 6. The molecule has 0 radical (unpaired) electrons. The molecule has 0 saturated heterocycles. The van der Waals surface area contributed by atoms with Gasteiger partial charge in [-0.2, -0.15) is 0 Å². The molecule has 0 heterocycles. The summed E-state index contributed by atoms with van der Waals surface area (Å²) in [6.07, 6.45) is 1.99. The maximum atomic E-state index is 13.7. The van der Waals surface area contributed by atoms with E-state index in [0.29, 0.717) is 18.5 Å². The van der Waals surface area contributed by atoms with Crippen LogP contribution in [0.2, 0.25) is 0 Å². The van der Waals surface area contributed by atoms with Crippen molar-refractivity contribution in [3.8, 4) is 0 Å². The Morgan fingerprint density at radius 2 is 1.75 bits per heavy atom. The summed E-state index contributed by atoms with van der Waals surface area (Å²) >= 11 is 0. The molecular weight excluding hydrogens is 484 g/mol. The van der Waals surface area contributed by atoms with E-state index in [2.05, 4.69) is 5.32 Å². The van der Waals surface area contributed by atoms with Crippen molar-refractivity contribution in [1.82, 2.24) is 10.2 Å². The molecule has 0 fully saturated rings. The Morgan fingerprint density at radius 3 is 2.31 bits per heavy atom. The number of nitro groups is 1. The SMILES string of the molecule is CCCNC(=O)[C@@H](CC)N(Cc1ccccc1C)C(=O)CN(c1cc([N+](=O)[O-])ccc1C)S(C)(=O)=O. The molecule has 2 rings (SSSR count). The fourth-order valence-electron chi connectivity index (χ4n) is 3.83. The van der Waals surface area contributed by atoms with Crippen LogP contribution in [0, 0.1) is 24.0 Å². The van der Waals surface area contributed by atoms with Crippen molar-refractivity contribution in [2.75, 3.05) is 23.7 Å². The molecule has 0 unspecified atom stereocenters. The Balaban J connectivity index is 2.53. The zero-order valence-electron chi connectivity index (χ0n) is 21.4. The second-order valence-corrected chi connectivity index (χ2v) is 10.6. The number of rotatable bonds is 12. The molecule has 0 aliphatic heterocycles. The number of aryl methyl sites for hydroxylation is 2. The molecule has 10 nitrogen and oxygen atoms in total. The van der Waals surface area contributed by atoms with Crippen molar-refractivity contribution in [3.05, 3.63) is 69.3 Å². The molecule has 2 aromatic carbocycles. The number of nitrogens with zero attached hydrogens (tertiary/aromatic N) is 3. The molecular formula is C25H34N4O6S. The van der Waals surface area contributed by atoms with E-state index < -0.39 is 33.4 Å². The standard InChI is InChI=1S/C25H34N4O6S/c1-6-14-26-25(31)22(7-2)27(16-20-11-9-8-10-18(20)3)24(30)17-28(36(5,34)35)23-15-21(29(32)33)13-12-19(23)4/h8-13,15,22H,6-7,14,16-17H2,1-5H3,(H,26,31)/t22-/m1/s1. The number of carbonyl (C=O) groups is 2. The maximum absolute atomic E-state index is 13.7. The van der Waals surface area contributed by atoms with Crippen LogP contribution in [-0.4, -0.2) is 55.4 Å². The monoisotopic (exact) mass is 518 g/mol. The minimum Gasteiger partial charge on any atom is -0.354 e. The average Bonchev–Trinajstić information content (AvgIpc) is 2.81. The summed E-state index contributed by atoms with van der Waals surface area (Å²) in [5.41, 5.74) is 1.95. The number of nitrogens with one attached hydrogen (secondary N) is 1. The van der Waals surface area contributed by atoms with Crippen molar-refractivity contribution >= 4 is 33.2 Å². The van der Waals surface area contributed by atoms with E-state index in [9.17, 15) is 28.1 Å². The van der Waals surface area contributed by atoms with Gasteiger partial charge in [-0.05, 0) is 43.4 Å². The van der Waals surface area contributed by atoms with Gasteiger partial charge in [0.1, 0.15) is 12.6 Å². The highest BCUT2D eigenvalue weighted by molar-refractivity contribution is 7.92. The minimum atomic E-state index is -4.00. The predicted molar refractivity (Wildman–Crippen MR) is 139 cm³/mol. The molecule has 1 N–H and O–H groups in total. The van der Waals surface area contributed by atoms with Crippen molar-refractivity contribution in [2.24, 2.45) is 0 Å². The van der Waals surface area contributed by atoms with E-state index in [0.717, 1.165) is 34.2 Å². The van der Waals surface area contributed by atoms with Gasteiger partial charge in [-0.1, -0.05) is 44.2 Å². The Hall–Kier alpha value is -3.47. The van der Waals surface area contributed by atoms with Crippen LogP contribution >= 0.6 is 0 Å². The van der Waals surface area contributed by atoms with Crippen LogP contribution in [-0.2, 0) is 26.2 Å². The lowest BCUT2D eigenvalue weighted by atomic mass is 10.1. The number of non-ortho nitro benzene ring substituents is 1. The van der Waals surface area contributed by atoms with E-state index in [4.69, 9.17) is 0 Å². The summed E-state index contributed by atoms with van der Waals surface area (Å²) in [5, 5.41) is 14.1. The number of anilines is 1. The smallest absolute Gasteiger partial charge is 0.271 e. The second kappa shape index (κ2) is 12.5. The summed E-state index contributed by atoms with van der Waals surface area (Å²) in [7, 11) is -4.00. The Labute approximate surface area is 212 Å². The number of nitro benzene ring substituents is 1. The molecule has 0 aliphatic carbocycles. The van der Waals surface area contributed by atoms with E-state index in [1.807, 2.05) is 38.1 Å². The van der Waals surface area contributed by atoms with E-state index in [1.54, 1.807) is 13.8 Å². The molecule has 0 aliphatic rings. The van der Waals surface area contributed by atoms with Crippen LogP contribution in [0.5, 0.6) is 0 Å². The van der Waals surface area contributed by atoms with Gasteiger partial charge in [-0.25, -0.2) is 8.42 Å². The Bertz CT molecular complexity index is 1210. The molecule has 196 valence electrons. The molecule has 2 aromatic rings. The molecule has 0 saturated carbocycles. The van der Waals surface area contributed by atoms with Gasteiger partial charge in [-0.15, -0.1) is 0 Å². The van der Waals surface area contributed by atoms with Gasteiger partial charge in [0.25, 0.3) is 5.69 Å². The maximum Gasteiger partial charge on any atom is 0.271 e. The van der Waals surface area contributed by atoms with Crippen molar-refractivity contribution in [2.45, 2.75) is 53.1 Å². The van der Waals surface area contributed by atoms with Crippen LogP contribution < -0.4 is 9.62 Å². The third-order valence-electron chi connectivity index (χ3n) is 5.89. The highest BCUT2D eigenvalue weighted by atomic mass is 32.2. The fraction of sp³-hybridized carbons (Fsp3) is 0.440. The lowest BCUT2D eigenvalue weighted by molar-refractivity contribution is -0.384. The van der Waals surface area contributed by atoms with Gasteiger partial charge in [0.2, 0.25) is 21.8 Å². The average molecular weight is 519 g/mol. The van der Waals surface area contributed by atoms with Crippen molar-refractivity contribution in [1.29, 1.82) is 0 Å². The zero-order chi connectivity index (χ0) is 27.0. The van der Waals surface area contributed by atoms with Gasteiger partial charge in [0, 0.05) is 25.2 Å². The van der Waals surface area contributed by atoms with Crippen LogP contribution in [0.25, 0.3) is 0 Å². The number of benzene rings is 2. The van der Waals surface area contributed by atoms with Crippen molar-refractivity contribution in [3.63, 3.8) is 0 Å². The Morgan fingerprint density at radius 1 is 1.08 bits per heavy atom. The lowest BCUT2D eigenvalue weighted by Crippen LogP contribution is -2.52. The van der Waals surface area contributed by atoms with Gasteiger partial charge in [0.05, 0.1) is 16.9 Å². The largest absolute Gasteiger partial charge is 0.354 e. The predicted octanol–water partition coefficient (Wildman–Crippen LogP) is 3.31. The van der Waals surface area contributed by atoms with Gasteiger partial charge >= 0.3 is 0 Å². The number of sulfonamides is 1. The summed E-state index contributed by atoms with van der Waals surface area (Å²) in [6, 6.07) is 10.5. The molecule has 0 spiro atoms. The Kier molecular flexibility index (Phi) is 9.97. The zero-order valence-corrected chi connectivity index (χ0v) is 22.2. The molecule has 0 aromatic heterocycles. The highest BCUT2D eigenvalue weighted by Gasteiger charge is 2.32. The first-order valence-electron chi connectivity index (χ1n) is 11.7. The minimum absolute atomic E-state index is 0.0411. The third-order valence-corrected chi connectivity index (χ3v) is 7.01. The normalized spacial score (nSPS) is 12.0. The summed E-state index contributed by atoms with van der Waals surface area (Å²) in [5.74, 6) is -0.910. The number of hydrogen-bond donors (Lipinski definition) is 1. The van der Waals surface area contributed by atoms with Crippen LogP contribution in [0.15, 0.2) is 42.5 Å². The fourth-order valence-corrected chi connectivity index (χ4v) is 4.73. The highest BCUT2D eigenvalue weighted by Crippen LogP contribution is 2.28. The summed E-state index contributed by atoms with van der Waals surface area (Å²) in [4.78, 5) is 38.7. The van der Waals surface area contributed by atoms with E-state index in [-0.39, 0.29) is 23.8 Å². The van der Waals surface area contributed by atoms with Gasteiger partial charge in [-0.3, -0.25) is 24.0 Å². The molecule has 0 bridgehead atoms. The first kappa shape index (κ1) is 28.8.